The van der Waals surface area contributed by atoms with Crippen molar-refractivity contribution in [3.8, 4) is 5.82 Å². The van der Waals surface area contributed by atoms with Gasteiger partial charge in [0.25, 0.3) is 5.91 Å². The summed E-state index contributed by atoms with van der Waals surface area (Å²) in [6.45, 7) is 0. The quantitative estimate of drug-likeness (QED) is 0.576. The first kappa shape index (κ1) is 16.9. The standard InChI is InChI=1S/C19H14N6OS/c26-19(24-15-6-9-17(22-11-15)25-13-20-12-23-25)14-4-7-16(8-5-14)27-18-3-1-2-10-21-18/h1-13H,(H,24,26). The fourth-order valence-corrected chi connectivity index (χ4v) is 3.10. The third-order valence-electron chi connectivity index (χ3n) is 3.64. The lowest BCUT2D eigenvalue weighted by molar-refractivity contribution is 0.102. The smallest absolute Gasteiger partial charge is 0.255 e. The molecule has 0 saturated heterocycles. The molecular weight excluding hydrogens is 360 g/mol. The van der Waals surface area contributed by atoms with Crippen molar-refractivity contribution < 1.29 is 4.79 Å². The average molecular weight is 374 g/mol. The monoisotopic (exact) mass is 374 g/mol. The lowest BCUT2D eigenvalue weighted by atomic mass is 10.2. The summed E-state index contributed by atoms with van der Waals surface area (Å²) in [5.41, 5.74) is 1.18. The largest absolute Gasteiger partial charge is 0.321 e. The first-order valence-electron chi connectivity index (χ1n) is 8.09. The number of hydrogen-bond acceptors (Lipinski definition) is 6. The summed E-state index contributed by atoms with van der Waals surface area (Å²) >= 11 is 1.55. The van der Waals surface area contributed by atoms with E-state index in [0.29, 0.717) is 17.1 Å². The molecule has 0 unspecified atom stereocenters. The van der Waals surface area contributed by atoms with Gasteiger partial charge in [0.2, 0.25) is 0 Å². The first-order valence-corrected chi connectivity index (χ1v) is 8.91. The van der Waals surface area contributed by atoms with E-state index in [1.807, 2.05) is 30.3 Å². The third-order valence-corrected chi connectivity index (χ3v) is 4.59. The maximum atomic E-state index is 12.4. The highest BCUT2D eigenvalue weighted by Gasteiger charge is 2.08. The fraction of sp³-hybridized carbons (Fsp3) is 0. The second kappa shape index (κ2) is 7.79. The number of nitrogens with one attached hydrogen (secondary N) is 1. The Balaban J connectivity index is 1.40. The summed E-state index contributed by atoms with van der Waals surface area (Å²) in [5.74, 6) is 0.432. The molecule has 0 fully saturated rings. The van der Waals surface area contributed by atoms with E-state index in [1.54, 1.807) is 59.4 Å². The zero-order valence-electron chi connectivity index (χ0n) is 14.1. The molecule has 1 N–H and O–H groups in total. The Morgan fingerprint density at radius 1 is 1.00 bits per heavy atom. The van der Waals surface area contributed by atoms with Gasteiger partial charge in [-0.25, -0.2) is 19.6 Å². The van der Waals surface area contributed by atoms with E-state index < -0.39 is 0 Å². The Morgan fingerprint density at radius 3 is 2.56 bits per heavy atom. The predicted molar refractivity (Wildman–Crippen MR) is 102 cm³/mol. The molecule has 1 aromatic carbocycles. The zero-order valence-corrected chi connectivity index (χ0v) is 14.9. The lowest BCUT2D eigenvalue weighted by Crippen LogP contribution is -2.12. The van der Waals surface area contributed by atoms with Gasteiger partial charge >= 0.3 is 0 Å². The Labute approximate surface area is 159 Å². The summed E-state index contributed by atoms with van der Waals surface area (Å²) in [6, 6.07) is 16.7. The van der Waals surface area contributed by atoms with Crippen molar-refractivity contribution in [2.45, 2.75) is 9.92 Å². The molecule has 0 atom stereocenters. The highest BCUT2D eigenvalue weighted by atomic mass is 32.2. The van der Waals surface area contributed by atoms with Crippen LogP contribution in [0.25, 0.3) is 5.82 Å². The van der Waals surface area contributed by atoms with Crippen LogP contribution in [0.2, 0.25) is 0 Å². The molecule has 1 amide bonds. The SMILES string of the molecule is O=C(Nc1ccc(-n2cncn2)nc1)c1ccc(Sc2ccccn2)cc1. The van der Waals surface area contributed by atoms with E-state index in [1.165, 1.54) is 6.33 Å². The molecule has 0 aliphatic heterocycles. The number of rotatable bonds is 5. The number of nitrogens with zero attached hydrogens (tertiary/aromatic N) is 5. The van der Waals surface area contributed by atoms with E-state index in [9.17, 15) is 4.79 Å². The lowest BCUT2D eigenvalue weighted by Gasteiger charge is -2.07. The predicted octanol–water partition coefficient (Wildman–Crippen LogP) is 3.46. The summed E-state index contributed by atoms with van der Waals surface area (Å²) in [7, 11) is 0. The molecule has 27 heavy (non-hydrogen) atoms. The van der Waals surface area contributed by atoms with Gasteiger partial charge in [-0.2, -0.15) is 5.10 Å². The number of carbonyl (C=O) groups excluding carboxylic acids is 1. The molecule has 0 bridgehead atoms. The van der Waals surface area contributed by atoms with Crippen molar-refractivity contribution in [2.75, 3.05) is 5.32 Å². The van der Waals surface area contributed by atoms with Gasteiger partial charge < -0.3 is 5.32 Å². The molecule has 0 saturated carbocycles. The molecule has 3 aromatic heterocycles. The van der Waals surface area contributed by atoms with Gasteiger partial charge in [-0.15, -0.1) is 0 Å². The maximum absolute atomic E-state index is 12.4. The summed E-state index contributed by atoms with van der Waals surface area (Å²) in [6.07, 6.45) is 6.34. The van der Waals surface area contributed by atoms with Gasteiger partial charge in [-0.1, -0.05) is 17.8 Å². The molecule has 4 aromatic rings. The molecule has 132 valence electrons. The summed E-state index contributed by atoms with van der Waals surface area (Å²) in [4.78, 5) is 25.9. The number of aromatic nitrogens is 5. The van der Waals surface area contributed by atoms with Gasteiger partial charge in [0, 0.05) is 16.7 Å². The Morgan fingerprint density at radius 2 is 1.89 bits per heavy atom. The van der Waals surface area contributed by atoms with Gasteiger partial charge in [-0.3, -0.25) is 4.79 Å². The maximum Gasteiger partial charge on any atom is 0.255 e. The normalized spacial score (nSPS) is 10.5. The molecule has 3 heterocycles. The van der Waals surface area contributed by atoms with E-state index in [4.69, 9.17) is 0 Å². The van der Waals surface area contributed by atoms with Crippen molar-refractivity contribution >= 4 is 23.4 Å². The van der Waals surface area contributed by atoms with Gasteiger partial charge in [0.05, 0.1) is 11.9 Å². The molecule has 0 spiro atoms. The molecule has 0 aliphatic carbocycles. The van der Waals surface area contributed by atoms with Crippen molar-refractivity contribution in [2.24, 2.45) is 0 Å². The van der Waals surface area contributed by atoms with Crippen LogP contribution < -0.4 is 5.32 Å². The second-order valence-electron chi connectivity index (χ2n) is 5.49. The van der Waals surface area contributed by atoms with Gasteiger partial charge in [0.1, 0.15) is 17.7 Å². The average Bonchev–Trinajstić information content (AvgIpc) is 3.25. The number of amides is 1. The number of pyridine rings is 2. The van der Waals surface area contributed by atoms with E-state index in [0.717, 1.165) is 9.92 Å². The molecule has 7 nitrogen and oxygen atoms in total. The van der Waals surface area contributed by atoms with E-state index in [2.05, 4.69) is 25.4 Å². The van der Waals surface area contributed by atoms with Crippen molar-refractivity contribution in [1.82, 2.24) is 24.7 Å². The van der Waals surface area contributed by atoms with Crippen LogP contribution in [0.4, 0.5) is 5.69 Å². The van der Waals surface area contributed by atoms with Crippen LogP contribution in [0.3, 0.4) is 0 Å². The summed E-state index contributed by atoms with van der Waals surface area (Å²) < 4.78 is 1.55. The zero-order chi connectivity index (χ0) is 18.5. The molecule has 8 heteroatoms. The highest BCUT2D eigenvalue weighted by Crippen LogP contribution is 2.25. The molecular formula is C19H14N6OS. The first-order chi connectivity index (χ1) is 13.3. The van der Waals surface area contributed by atoms with Gasteiger partial charge in [-0.05, 0) is 48.5 Å². The van der Waals surface area contributed by atoms with E-state index in [-0.39, 0.29) is 5.91 Å². The minimum Gasteiger partial charge on any atom is -0.321 e. The number of hydrogen-bond donors (Lipinski definition) is 1. The second-order valence-corrected chi connectivity index (χ2v) is 6.59. The fourth-order valence-electron chi connectivity index (χ4n) is 2.33. The number of carbonyl (C=O) groups is 1. The Kier molecular flexibility index (Phi) is 4.88. The van der Waals surface area contributed by atoms with Crippen LogP contribution in [-0.4, -0.2) is 30.6 Å². The molecule has 0 radical (unpaired) electrons. The molecule has 0 aliphatic rings. The van der Waals surface area contributed by atoms with Crippen molar-refractivity contribution in [3.63, 3.8) is 0 Å². The number of benzene rings is 1. The van der Waals surface area contributed by atoms with Crippen LogP contribution in [0, 0.1) is 0 Å². The minimum absolute atomic E-state index is 0.195. The van der Waals surface area contributed by atoms with Crippen LogP contribution in [0.5, 0.6) is 0 Å². The molecule has 4 rings (SSSR count). The number of anilines is 1. The van der Waals surface area contributed by atoms with Crippen molar-refractivity contribution in [3.05, 3.63) is 85.2 Å². The van der Waals surface area contributed by atoms with Crippen LogP contribution in [0.1, 0.15) is 10.4 Å². The third kappa shape index (κ3) is 4.18. The van der Waals surface area contributed by atoms with Crippen molar-refractivity contribution in [1.29, 1.82) is 0 Å². The summed E-state index contributed by atoms with van der Waals surface area (Å²) in [5, 5.41) is 7.76. The van der Waals surface area contributed by atoms with E-state index >= 15 is 0 Å². The van der Waals surface area contributed by atoms with Gasteiger partial charge in [0.15, 0.2) is 5.82 Å². The minimum atomic E-state index is -0.195. The highest BCUT2D eigenvalue weighted by molar-refractivity contribution is 7.99. The van der Waals surface area contributed by atoms with Crippen LogP contribution in [-0.2, 0) is 0 Å². The Hall–Kier alpha value is -3.52. The van der Waals surface area contributed by atoms with Crippen LogP contribution >= 0.6 is 11.8 Å². The topological polar surface area (TPSA) is 85.6 Å². The van der Waals surface area contributed by atoms with Crippen LogP contribution in [0.15, 0.2) is 89.6 Å². The Bertz CT molecular complexity index is 1020.